The van der Waals surface area contributed by atoms with E-state index in [1.807, 2.05) is 6.92 Å². The lowest BCUT2D eigenvalue weighted by molar-refractivity contribution is -0.385. The van der Waals surface area contributed by atoms with Crippen LogP contribution in [0.3, 0.4) is 0 Å². The van der Waals surface area contributed by atoms with E-state index in [-0.39, 0.29) is 29.8 Å². The summed E-state index contributed by atoms with van der Waals surface area (Å²) in [6.07, 6.45) is 3.00. The third-order valence-electron chi connectivity index (χ3n) is 4.09. The van der Waals surface area contributed by atoms with Gasteiger partial charge in [0.15, 0.2) is 6.61 Å². The molecule has 7 heteroatoms. The third kappa shape index (κ3) is 4.06. The first kappa shape index (κ1) is 16.9. The molecule has 1 aromatic rings. The van der Waals surface area contributed by atoms with Crippen LogP contribution in [0.4, 0.5) is 5.69 Å². The van der Waals surface area contributed by atoms with Crippen molar-refractivity contribution in [2.24, 2.45) is 0 Å². The van der Waals surface area contributed by atoms with Crippen molar-refractivity contribution < 1.29 is 19.2 Å². The molecular weight excluding hydrogens is 300 g/mol. The lowest BCUT2D eigenvalue weighted by atomic mass is 10.0. The number of hydrogen-bond acceptors (Lipinski definition) is 5. The molecule has 0 saturated carbocycles. The Balaban J connectivity index is 1.98. The van der Waals surface area contributed by atoms with Crippen LogP contribution in [-0.4, -0.2) is 40.9 Å². The molecule has 2 rings (SSSR count). The van der Waals surface area contributed by atoms with Crippen molar-refractivity contribution in [2.75, 3.05) is 13.2 Å². The maximum atomic E-state index is 12.1. The van der Waals surface area contributed by atoms with E-state index in [4.69, 9.17) is 4.74 Å². The van der Waals surface area contributed by atoms with E-state index >= 15 is 0 Å². The van der Waals surface area contributed by atoms with Gasteiger partial charge in [-0.05, 0) is 39.2 Å². The average molecular weight is 320 g/mol. The Kier molecular flexibility index (Phi) is 5.31. The Morgan fingerprint density at radius 1 is 1.39 bits per heavy atom. The number of carbonyl (C=O) groups is 2. The lowest BCUT2D eigenvalue weighted by Crippen LogP contribution is -2.44. The highest BCUT2D eigenvalue weighted by molar-refractivity contribution is 5.92. The Labute approximate surface area is 134 Å². The lowest BCUT2D eigenvalue weighted by Gasteiger charge is -2.33. The third-order valence-corrected chi connectivity index (χ3v) is 4.09. The predicted octanol–water partition coefficient (Wildman–Crippen LogP) is 2.46. The van der Waals surface area contributed by atoms with Gasteiger partial charge < -0.3 is 9.64 Å². The van der Waals surface area contributed by atoms with Gasteiger partial charge in [-0.2, -0.15) is 0 Å². The fourth-order valence-corrected chi connectivity index (χ4v) is 2.70. The quantitative estimate of drug-likeness (QED) is 0.483. The van der Waals surface area contributed by atoms with Gasteiger partial charge >= 0.3 is 5.97 Å². The summed E-state index contributed by atoms with van der Waals surface area (Å²) < 4.78 is 5.01. The van der Waals surface area contributed by atoms with Crippen LogP contribution in [0.1, 0.15) is 42.1 Å². The number of carbonyl (C=O) groups excluding carboxylic acids is 2. The molecule has 1 saturated heterocycles. The SMILES string of the molecule is Cc1ccc(C(=O)OCC(=O)N2CCCC[C@H]2C)cc1[N+](=O)[O-]. The van der Waals surface area contributed by atoms with Crippen LogP contribution in [0.25, 0.3) is 0 Å². The Bertz CT molecular complexity index is 629. The summed E-state index contributed by atoms with van der Waals surface area (Å²) in [7, 11) is 0. The number of ether oxygens (including phenoxy) is 1. The van der Waals surface area contributed by atoms with Crippen LogP contribution < -0.4 is 0 Å². The van der Waals surface area contributed by atoms with Crippen molar-refractivity contribution in [3.8, 4) is 0 Å². The zero-order valence-corrected chi connectivity index (χ0v) is 13.3. The van der Waals surface area contributed by atoms with Crippen LogP contribution in [0, 0.1) is 17.0 Å². The van der Waals surface area contributed by atoms with Crippen molar-refractivity contribution in [1.82, 2.24) is 4.90 Å². The largest absolute Gasteiger partial charge is 0.452 e. The zero-order valence-electron chi connectivity index (χ0n) is 13.3. The van der Waals surface area contributed by atoms with Crippen LogP contribution >= 0.6 is 0 Å². The molecule has 0 aromatic heterocycles. The monoisotopic (exact) mass is 320 g/mol. The number of esters is 1. The second-order valence-corrected chi connectivity index (χ2v) is 5.77. The second-order valence-electron chi connectivity index (χ2n) is 5.77. The van der Waals surface area contributed by atoms with Crippen molar-refractivity contribution in [1.29, 1.82) is 0 Å². The Morgan fingerprint density at radius 3 is 2.78 bits per heavy atom. The molecule has 1 aliphatic rings. The topological polar surface area (TPSA) is 89.8 Å². The summed E-state index contributed by atoms with van der Waals surface area (Å²) in [6.45, 7) is 3.90. The zero-order chi connectivity index (χ0) is 17.0. The number of rotatable bonds is 4. The molecule has 0 unspecified atom stereocenters. The summed E-state index contributed by atoms with van der Waals surface area (Å²) in [5, 5.41) is 10.9. The standard InChI is InChI=1S/C16H20N2O5/c1-11-6-7-13(9-14(11)18(21)22)16(20)23-10-15(19)17-8-4-3-5-12(17)2/h6-7,9,12H,3-5,8,10H2,1-2H3/t12-/m1/s1. The highest BCUT2D eigenvalue weighted by Crippen LogP contribution is 2.20. The van der Waals surface area contributed by atoms with Crippen molar-refractivity contribution in [3.63, 3.8) is 0 Å². The van der Waals surface area contributed by atoms with Gasteiger partial charge in [-0.15, -0.1) is 0 Å². The number of aryl methyl sites for hydroxylation is 1. The van der Waals surface area contributed by atoms with Gasteiger partial charge in [-0.3, -0.25) is 14.9 Å². The van der Waals surface area contributed by atoms with E-state index in [1.54, 1.807) is 11.8 Å². The van der Waals surface area contributed by atoms with E-state index in [2.05, 4.69) is 0 Å². The number of nitrogens with zero attached hydrogens (tertiary/aromatic N) is 2. The second kappa shape index (κ2) is 7.21. The molecule has 7 nitrogen and oxygen atoms in total. The number of benzene rings is 1. The first-order valence-electron chi connectivity index (χ1n) is 7.62. The van der Waals surface area contributed by atoms with Gasteiger partial charge in [0.1, 0.15) is 0 Å². The summed E-state index contributed by atoms with van der Waals surface area (Å²) in [5.41, 5.74) is 0.391. The van der Waals surface area contributed by atoms with Gasteiger partial charge in [0.25, 0.3) is 11.6 Å². The number of hydrogen-bond donors (Lipinski definition) is 0. The van der Waals surface area contributed by atoms with Crippen LogP contribution in [0.5, 0.6) is 0 Å². The molecule has 23 heavy (non-hydrogen) atoms. The summed E-state index contributed by atoms with van der Waals surface area (Å²) >= 11 is 0. The molecule has 1 atom stereocenters. The maximum Gasteiger partial charge on any atom is 0.338 e. The molecule has 1 aromatic carbocycles. The molecule has 1 aliphatic heterocycles. The predicted molar refractivity (Wildman–Crippen MR) is 83.1 cm³/mol. The van der Waals surface area contributed by atoms with Crippen LogP contribution in [0.2, 0.25) is 0 Å². The smallest absolute Gasteiger partial charge is 0.338 e. The number of piperidine rings is 1. The number of likely N-dealkylation sites (tertiary alicyclic amines) is 1. The molecule has 0 radical (unpaired) electrons. The van der Waals surface area contributed by atoms with Gasteiger partial charge in [-0.1, -0.05) is 6.07 Å². The highest BCUT2D eigenvalue weighted by Gasteiger charge is 2.24. The Hall–Kier alpha value is -2.44. The van der Waals surface area contributed by atoms with Crippen LogP contribution in [0.15, 0.2) is 18.2 Å². The van der Waals surface area contributed by atoms with E-state index < -0.39 is 10.9 Å². The summed E-state index contributed by atoms with van der Waals surface area (Å²) in [6, 6.07) is 4.27. The van der Waals surface area contributed by atoms with E-state index in [0.717, 1.165) is 19.3 Å². The first-order chi connectivity index (χ1) is 10.9. The molecular formula is C16H20N2O5. The van der Waals surface area contributed by atoms with Gasteiger partial charge in [0.2, 0.25) is 0 Å². The molecule has 0 N–H and O–H groups in total. The molecule has 1 heterocycles. The normalized spacial score (nSPS) is 17.7. The van der Waals surface area contributed by atoms with E-state index in [9.17, 15) is 19.7 Å². The van der Waals surface area contributed by atoms with Crippen molar-refractivity contribution >= 4 is 17.6 Å². The highest BCUT2D eigenvalue weighted by atomic mass is 16.6. The van der Waals surface area contributed by atoms with E-state index in [1.165, 1.54) is 18.2 Å². The molecule has 124 valence electrons. The fourth-order valence-electron chi connectivity index (χ4n) is 2.70. The minimum atomic E-state index is -0.730. The number of nitro benzene ring substituents is 1. The van der Waals surface area contributed by atoms with Gasteiger partial charge in [0, 0.05) is 24.2 Å². The molecule has 0 spiro atoms. The minimum Gasteiger partial charge on any atom is -0.452 e. The molecule has 0 aliphatic carbocycles. The Morgan fingerprint density at radius 2 is 2.13 bits per heavy atom. The number of amides is 1. The summed E-state index contributed by atoms with van der Waals surface area (Å²) in [5.74, 6) is -0.960. The van der Waals surface area contributed by atoms with Crippen LogP contribution in [-0.2, 0) is 9.53 Å². The molecule has 0 bridgehead atoms. The molecule has 1 fully saturated rings. The maximum absolute atomic E-state index is 12.1. The van der Waals surface area contributed by atoms with Crippen molar-refractivity contribution in [3.05, 3.63) is 39.4 Å². The minimum absolute atomic E-state index is 0.0711. The summed E-state index contributed by atoms with van der Waals surface area (Å²) in [4.78, 5) is 36.2. The molecule has 1 amide bonds. The first-order valence-corrected chi connectivity index (χ1v) is 7.62. The average Bonchev–Trinajstić information content (AvgIpc) is 2.52. The fraction of sp³-hybridized carbons (Fsp3) is 0.500. The number of nitro groups is 1. The van der Waals surface area contributed by atoms with Gasteiger partial charge in [-0.25, -0.2) is 4.79 Å². The van der Waals surface area contributed by atoms with E-state index in [0.29, 0.717) is 12.1 Å². The van der Waals surface area contributed by atoms with Gasteiger partial charge in [0.05, 0.1) is 10.5 Å². The van der Waals surface area contributed by atoms with Crippen molar-refractivity contribution in [2.45, 2.75) is 39.2 Å².